The SMILES string of the molecule is CCCN1CCN(C(=O)OCc2ccc(F)cc2)CC1. The largest absolute Gasteiger partial charge is 0.445 e. The zero-order valence-electron chi connectivity index (χ0n) is 11.8. The van der Waals surface area contributed by atoms with Crippen LogP contribution in [0.25, 0.3) is 0 Å². The summed E-state index contributed by atoms with van der Waals surface area (Å²) >= 11 is 0. The molecule has 0 unspecified atom stereocenters. The van der Waals surface area contributed by atoms with Gasteiger partial charge in [0.05, 0.1) is 0 Å². The second kappa shape index (κ2) is 7.24. The van der Waals surface area contributed by atoms with Gasteiger partial charge in [0, 0.05) is 26.2 Å². The second-order valence-electron chi connectivity index (χ2n) is 5.01. The third-order valence-electron chi connectivity index (χ3n) is 3.45. The number of nitrogens with zero attached hydrogens (tertiary/aromatic N) is 2. The molecule has 0 N–H and O–H groups in total. The molecule has 0 aliphatic carbocycles. The fourth-order valence-corrected chi connectivity index (χ4v) is 2.29. The predicted octanol–water partition coefficient (Wildman–Crippen LogP) is 2.49. The van der Waals surface area contributed by atoms with Crippen molar-refractivity contribution in [3.8, 4) is 0 Å². The van der Waals surface area contributed by atoms with Crippen molar-refractivity contribution >= 4 is 6.09 Å². The Hall–Kier alpha value is -1.62. The molecular formula is C15H21FN2O2. The topological polar surface area (TPSA) is 32.8 Å². The van der Waals surface area contributed by atoms with E-state index in [1.807, 2.05) is 0 Å². The van der Waals surface area contributed by atoms with Gasteiger partial charge in [0.2, 0.25) is 0 Å². The smallest absolute Gasteiger partial charge is 0.410 e. The van der Waals surface area contributed by atoms with Crippen LogP contribution in [0.5, 0.6) is 0 Å². The van der Waals surface area contributed by atoms with Gasteiger partial charge in [-0.3, -0.25) is 4.90 Å². The van der Waals surface area contributed by atoms with Crippen molar-refractivity contribution in [2.45, 2.75) is 20.0 Å². The van der Waals surface area contributed by atoms with Crippen molar-refractivity contribution < 1.29 is 13.9 Å². The van der Waals surface area contributed by atoms with E-state index in [1.54, 1.807) is 17.0 Å². The van der Waals surface area contributed by atoms with Crippen LogP contribution in [0, 0.1) is 5.82 Å². The first-order valence-corrected chi connectivity index (χ1v) is 7.07. The molecule has 5 heteroatoms. The number of carbonyl (C=O) groups is 1. The van der Waals surface area contributed by atoms with Gasteiger partial charge < -0.3 is 9.64 Å². The lowest BCUT2D eigenvalue weighted by Crippen LogP contribution is -2.48. The molecule has 1 fully saturated rings. The number of piperazine rings is 1. The minimum Gasteiger partial charge on any atom is -0.445 e. The average Bonchev–Trinajstić information content (AvgIpc) is 2.47. The van der Waals surface area contributed by atoms with E-state index in [9.17, 15) is 9.18 Å². The maximum absolute atomic E-state index is 12.8. The predicted molar refractivity (Wildman–Crippen MR) is 74.9 cm³/mol. The van der Waals surface area contributed by atoms with E-state index >= 15 is 0 Å². The van der Waals surface area contributed by atoms with Crippen LogP contribution >= 0.6 is 0 Å². The summed E-state index contributed by atoms with van der Waals surface area (Å²) in [6.07, 6.45) is 0.847. The number of carbonyl (C=O) groups excluding carboxylic acids is 1. The van der Waals surface area contributed by atoms with Crippen LogP contribution in [0.2, 0.25) is 0 Å². The monoisotopic (exact) mass is 280 g/mol. The van der Waals surface area contributed by atoms with Crippen LogP contribution in [0.1, 0.15) is 18.9 Å². The number of benzene rings is 1. The van der Waals surface area contributed by atoms with Gasteiger partial charge in [-0.15, -0.1) is 0 Å². The Balaban J connectivity index is 1.74. The molecule has 1 amide bonds. The van der Waals surface area contributed by atoms with Gasteiger partial charge in [-0.1, -0.05) is 19.1 Å². The quantitative estimate of drug-likeness (QED) is 0.849. The lowest BCUT2D eigenvalue weighted by Gasteiger charge is -2.33. The number of ether oxygens (including phenoxy) is 1. The van der Waals surface area contributed by atoms with E-state index in [4.69, 9.17) is 4.74 Å². The zero-order chi connectivity index (χ0) is 14.4. The number of hydrogen-bond acceptors (Lipinski definition) is 3. The van der Waals surface area contributed by atoms with Crippen LogP contribution in [-0.4, -0.2) is 48.6 Å². The van der Waals surface area contributed by atoms with E-state index in [2.05, 4.69) is 11.8 Å². The van der Waals surface area contributed by atoms with E-state index in [1.165, 1.54) is 12.1 Å². The number of rotatable bonds is 4. The van der Waals surface area contributed by atoms with Crippen LogP contribution in [0.15, 0.2) is 24.3 Å². The molecule has 1 saturated heterocycles. The molecule has 1 aromatic rings. The van der Waals surface area contributed by atoms with Gasteiger partial charge in [0.25, 0.3) is 0 Å². The molecule has 110 valence electrons. The van der Waals surface area contributed by atoms with Gasteiger partial charge in [-0.25, -0.2) is 9.18 Å². The number of hydrogen-bond donors (Lipinski definition) is 0. The zero-order valence-corrected chi connectivity index (χ0v) is 11.8. The van der Waals surface area contributed by atoms with Gasteiger partial charge >= 0.3 is 6.09 Å². The Morgan fingerprint density at radius 3 is 2.45 bits per heavy atom. The summed E-state index contributed by atoms with van der Waals surface area (Å²) in [5.41, 5.74) is 0.796. The Morgan fingerprint density at radius 2 is 1.85 bits per heavy atom. The lowest BCUT2D eigenvalue weighted by molar-refractivity contribution is 0.0717. The van der Waals surface area contributed by atoms with Crippen molar-refractivity contribution in [1.82, 2.24) is 9.80 Å². The Bertz CT molecular complexity index is 428. The van der Waals surface area contributed by atoms with Crippen molar-refractivity contribution in [2.24, 2.45) is 0 Å². The van der Waals surface area contributed by atoms with Gasteiger partial charge in [0.15, 0.2) is 0 Å². The van der Waals surface area contributed by atoms with E-state index in [0.29, 0.717) is 13.1 Å². The molecule has 0 atom stereocenters. The maximum atomic E-state index is 12.8. The highest BCUT2D eigenvalue weighted by Crippen LogP contribution is 2.08. The molecule has 1 aliphatic heterocycles. The van der Waals surface area contributed by atoms with Gasteiger partial charge in [-0.05, 0) is 30.7 Å². The molecule has 0 bridgehead atoms. The van der Waals surface area contributed by atoms with Crippen molar-refractivity contribution in [2.75, 3.05) is 32.7 Å². The summed E-state index contributed by atoms with van der Waals surface area (Å²) in [4.78, 5) is 16.0. The molecule has 0 spiro atoms. The van der Waals surface area contributed by atoms with Crippen LogP contribution < -0.4 is 0 Å². The molecule has 4 nitrogen and oxygen atoms in total. The number of halogens is 1. The fraction of sp³-hybridized carbons (Fsp3) is 0.533. The first-order valence-electron chi connectivity index (χ1n) is 7.07. The molecule has 0 radical (unpaired) electrons. The van der Waals surface area contributed by atoms with Crippen molar-refractivity contribution in [3.05, 3.63) is 35.6 Å². The Labute approximate surface area is 119 Å². The summed E-state index contributed by atoms with van der Waals surface area (Å²) in [6, 6.07) is 5.99. The first kappa shape index (κ1) is 14.8. The summed E-state index contributed by atoms with van der Waals surface area (Å²) in [7, 11) is 0. The van der Waals surface area contributed by atoms with E-state index < -0.39 is 0 Å². The molecular weight excluding hydrogens is 259 g/mol. The molecule has 0 aromatic heterocycles. The van der Waals surface area contributed by atoms with E-state index in [-0.39, 0.29) is 18.5 Å². The van der Waals surface area contributed by atoms with Gasteiger partial charge in [0.1, 0.15) is 12.4 Å². The summed E-state index contributed by atoms with van der Waals surface area (Å²) in [5.74, 6) is -0.285. The molecule has 20 heavy (non-hydrogen) atoms. The minimum atomic E-state index is -0.287. The summed E-state index contributed by atoms with van der Waals surface area (Å²) in [6.45, 7) is 6.65. The average molecular weight is 280 g/mol. The highest BCUT2D eigenvalue weighted by Gasteiger charge is 2.21. The maximum Gasteiger partial charge on any atom is 0.410 e. The molecule has 0 saturated carbocycles. The molecule has 1 heterocycles. The highest BCUT2D eigenvalue weighted by molar-refractivity contribution is 5.67. The normalized spacial score (nSPS) is 16.2. The lowest BCUT2D eigenvalue weighted by atomic mass is 10.2. The highest BCUT2D eigenvalue weighted by atomic mass is 19.1. The standard InChI is InChI=1S/C15H21FN2O2/c1-2-7-17-8-10-18(11-9-17)15(19)20-12-13-3-5-14(16)6-4-13/h3-6H,2,7-12H2,1H3. The first-order chi connectivity index (χ1) is 9.69. The summed E-state index contributed by atoms with van der Waals surface area (Å²) < 4.78 is 18.0. The summed E-state index contributed by atoms with van der Waals surface area (Å²) in [5, 5.41) is 0. The third kappa shape index (κ3) is 4.20. The molecule has 1 aliphatic rings. The minimum absolute atomic E-state index is 0.189. The van der Waals surface area contributed by atoms with Crippen LogP contribution in [0.3, 0.4) is 0 Å². The van der Waals surface area contributed by atoms with Crippen LogP contribution in [0.4, 0.5) is 9.18 Å². The second-order valence-corrected chi connectivity index (χ2v) is 5.01. The molecule has 1 aromatic carbocycles. The number of amides is 1. The van der Waals surface area contributed by atoms with Crippen LogP contribution in [-0.2, 0) is 11.3 Å². The fourth-order valence-electron chi connectivity index (χ4n) is 2.29. The van der Waals surface area contributed by atoms with E-state index in [0.717, 1.165) is 31.6 Å². The van der Waals surface area contributed by atoms with Crippen molar-refractivity contribution in [1.29, 1.82) is 0 Å². The Morgan fingerprint density at radius 1 is 1.20 bits per heavy atom. The Kier molecular flexibility index (Phi) is 5.35. The third-order valence-corrected chi connectivity index (χ3v) is 3.45. The van der Waals surface area contributed by atoms with Gasteiger partial charge in [-0.2, -0.15) is 0 Å². The van der Waals surface area contributed by atoms with Crippen molar-refractivity contribution in [3.63, 3.8) is 0 Å². The molecule has 2 rings (SSSR count).